The van der Waals surface area contributed by atoms with E-state index in [-0.39, 0.29) is 6.61 Å². The van der Waals surface area contributed by atoms with Crippen molar-refractivity contribution in [3.05, 3.63) is 35.9 Å². The number of hydrogen-bond donors (Lipinski definition) is 2. The van der Waals surface area contributed by atoms with Crippen LogP contribution in [0.1, 0.15) is 12.5 Å². The lowest BCUT2D eigenvalue weighted by molar-refractivity contribution is -0.154. The van der Waals surface area contributed by atoms with Crippen LogP contribution in [0.4, 0.5) is 0 Å². The van der Waals surface area contributed by atoms with Gasteiger partial charge in [-0.1, -0.05) is 30.3 Å². The number of aliphatic carboxylic acids is 2. The van der Waals surface area contributed by atoms with Gasteiger partial charge >= 0.3 is 11.9 Å². The molecule has 0 saturated heterocycles. The molecule has 0 heterocycles. The fourth-order valence-corrected chi connectivity index (χ4v) is 1.66. The van der Waals surface area contributed by atoms with Crippen LogP contribution in [0.5, 0.6) is 0 Å². The number of carboxylic acid groups (broad SMARTS) is 2. The lowest BCUT2D eigenvalue weighted by Gasteiger charge is -2.22. The van der Waals surface area contributed by atoms with Crippen LogP contribution < -0.4 is 0 Å². The van der Waals surface area contributed by atoms with Gasteiger partial charge in [0, 0.05) is 0 Å². The number of benzene rings is 1. The van der Waals surface area contributed by atoms with E-state index in [0.29, 0.717) is 0 Å². The molecule has 0 spiro atoms. The van der Waals surface area contributed by atoms with Gasteiger partial charge in [-0.2, -0.15) is 0 Å². The van der Waals surface area contributed by atoms with Crippen molar-refractivity contribution in [2.75, 3.05) is 13.1 Å². The molecule has 0 radical (unpaired) electrons. The molecule has 1 aromatic rings. The molecule has 1 aromatic carbocycles. The van der Waals surface area contributed by atoms with Crippen molar-refractivity contribution in [2.24, 2.45) is 0 Å². The molecule has 2 N–H and O–H groups in total. The second-order valence-corrected chi connectivity index (χ2v) is 4.42. The quantitative estimate of drug-likeness (QED) is 0.727. The van der Waals surface area contributed by atoms with Crippen molar-refractivity contribution in [1.29, 1.82) is 0 Å². The predicted molar refractivity (Wildman–Crippen MR) is 72.5 cm³/mol. The maximum atomic E-state index is 12.0. The summed E-state index contributed by atoms with van der Waals surface area (Å²) < 4.78 is 5.36. The van der Waals surface area contributed by atoms with E-state index >= 15 is 0 Å². The summed E-state index contributed by atoms with van der Waals surface area (Å²) in [5.74, 6) is -3.23. The number of amides is 1. The average Bonchev–Trinajstić information content (AvgIpc) is 2.43. The zero-order valence-corrected chi connectivity index (χ0v) is 11.6. The van der Waals surface area contributed by atoms with Crippen LogP contribution in [0.3, 0.4) is 0 Å². The zero-order chi connectivity index (χ0) is 15.8. The molecular weight excluding hydrogens is 278 g/mol. The molecule has 0 aromatic heterocycles. The van der Waals surface area contributed by atoms with E-state index in [0.717, 1.165) is 10.5 Å². The molecule has 1 amide bonds. The number of carbonyl (C=O) groups excluding carboxylic acids is 1. The maximum absolute atomic E-state index is 12.0. The molecule has 0 bridgehead atoms. The van der Waals surface area contributed by atoms with Crippen molar-refractivity contribution in [1.82, 2.24) is 4.90 Å². The van der Waals surface area contributed by atoms with Gasteiger partial charge in [-0.15, -0.1) is 0 Å². The maximum Gasteiger partial charge on any atom is 0.323 e. The number of rotatable bonds is 8. The minimum absolute atomic E-state index is 0.182. The monoisotopic (exact) mass is 295 g/mol. The topological polar surface area (TPSA) is 104 Å². The Labute approximate surface area is 121 Å². The van der Waals surface area contributed by atoms with E-state index in [1.165, 1.54) is 6.92 Å². The summed E-state index contributed by atoms with van der Waals surface area (Å²) >= 11 is 0. The fraction of sp³-hybridized carbons (Fsp3) is 0.357. The largest absolute Gasteiger partial charge is 0.480 e. The van der Waals surface area contributed by atoms with Crippen molar-refractivity contribution >= 4 is 17.8 Å². The van der Waals surface area contributed by atoms with Crippen molar-refractivity contribution in [2.45, 2.75) is 19.6 Å². The molecule has 0 saturated carbocycles. The first kappa shape index (κ1) is 16.6. The van der Waals surface area contributed by atoms with Crippen LogP contribution >= 0.6 is 0 Å². The highest BCUT2D eigenvalue weighted by atomic mass is 16.5. The highest BCUT2D eigenvalue weighted by Crippen LogP contribution is 2.06. The summed E-state index contributed by atoms with van der Waals surface area (Å²) in [4.78, 5) is 34.1. The Morgan fingerprint density at radius 3 is 2.10 bits per heavy atom. The van der Waals surface area contributed by atoms with E-state index in [2.05, 4.69) is 0 Å². The summed E-state index contributed by atoms with van der Waals surface area (Å²) in [6.45, 7) is 0.290. The summed E-state index contributed by atoms with van der Waals surface area (Å²) in [7, 11) is 0. The molecule has 1 unspecified atom stereocenters. The number of nitrogens with zero attached hydrogens (tertiary/aromatic N) is 1. The average molecular weight is 295 g/mol. The van der Waals surface area contributed by atoms with Crippen LogP contribution in [0.15, 0.2) is 30.3 Å². The normalized spacial score (nSPS) is 11.7. The number of ether oxygens (including phenoxy) is 1. The van der Waals surface area contributed by atoms with Crippen LogP contribution in [0.2, 0.25) is 0 Å². The summed E-state index contributed by atoms with van der Waals surface area (Å²) in [5, 5.41) is 17.4. The van der Waals surface area contributed by atoms with Gasteiger partial charge < -0.3 is 19.8 Å². The minimum atomic E-state index is -1.28. The fourth-order valence-electron chi connectivity index (χ4n) is 1.66. The van der Waals surface area contributed by atoms with E-state index in [1.54, 1.807) is 0 Å². The van der Waals surface area contributed by atoms with Gasteiger partial charge in [0.25, 0.3) is 5.91 Å². The van der Waals surface area contributed by atoms with Crippen molar-refractivity contribution in [3.8, 4) is 0 Å². The molecule has 0 fully saturated rings. The van der Waals surface area contributed by atoms with E-state index in [9.17, 15) is 14.4 Å². The number of carbonyl (C=O) groups is 3. The third kappa shape index (κ3) is 6.05. The zero-order valence-electron chi connectivity index (χ0n) is 11.6. The number of carboxylic acids is 2. The van der Waals surface area contributed by atoms with Crippen LogP contribution in [-0.4, -0.2) is 52.2 Å². The Morgan fingerprint density at radius 2 is 1.62 bits per heavy atom. The Kier molecular flexibility index (Phi) is 6.35. The van der Waals surface area contributed by atoms with Crippen LogP contribution in [-0.2, 0) is 25.7 Å². The molecule has 0 aliphatic carbocycles. The Balaban J connectivity index is 2.60. The Morgan fingerprint density at radius 1 is 1.10 bits per heavy atom. The molecule has 7 nitrogen and oxygen atoms in total. The predicted octanol–water partition coefficient (Wildman–Crippen LogP) is 0.590. The molecule has 0 aliphatic heterocycles. The molecule has 0 aliphatic rings. The van der Waals surface area contributed by atoms with Gasteiger partial charge in [0.15, 0.2) is 0 Å². The highest BCUT2D eigenvalue weighted by molar-refractivity contribution is 5.87. The first-order chi connectivity index (χ1) is 9.90. The molecule has 1 rings (SSSR count). The van der Waals surface area contributed by atoms with Crippen LogP contribution in [0.25, 0.3) is 0 Å². The first-order valence-corrected chi connectivity index (χ1v) is 6.28. The third-order valence-electron chi connectivity index (χ3n) is 2.65. The molecule has 114 valence electrons. The minimum Gasteiger partial charge on any atom is -0.480 e. The summed E-state index contributed by atoms with van der Waals surface area (Å²) in [6, 6.07) is 9.14. The smallest absolute Gasteiger partial charge is 0.323 e. The van der Waals surface area contributed by atoms with Gasteiger partial charge in [0.1, 0.15) is 19.2 Å². The van der Waals surface area contributed by atoms with Gasteiger partial charge in [0.2, 0.25) is 0 Å². The second kappa shape index (κ2) is 8.01. The van der Waals surface area contributed by atoms with E-state index < -0.39 is 37.0 Å². The molecule has 7 heteroatoms. The first-order valence-electron chi connectivity index (χ1n) is 6.28. The Bertz CT molecular complexity index is 485. The number of hydrogen-bond acceptors (Lipinski definition) is 4. The van der Waals surface area contributed by atoms with Gasteiger partial charge in [0.05, 0.1) is 6.61 Å². The van der Waals surface area contributed by atoms with Crippen molar-refractivity contribution < 1.29 is 29.3 Å². The third-order valence-corrected chi connectivity index (χ3v) is 2.65. The van der Waals surface area contributed by atoms with Crippen molar-refractivity contribution in [3.63, 3.8) is 0 Å². The highest BCUT2D eigenvalue weighted by Gasteiger charge is 2.25. The van der Waals surface area contributed by atoms with Gasteiger partial charge in [-0.25, -0.2) is 0 Å². The molecule has 21 heavy (non-hydrogen) atoms. The second-order valence-electron chi connectivity index (χ2n) is 4.42. The van der Waals surface area contributed by atoms with E-state index in [1.807, 2.05) is 30.3 Å². The summed E-state index contributed by atoms with van der Waals surface area (Å²) in [6.07, 6.45) is -0.927. The Hall–Kier alpha value is -2.41. The standard InChI is InChI=1S/C14H17NO6/c1-10(21-9-11-5-3-2-4-6-11)14(20)15(7-12(16)17)8-13(18)19/h2-6,10H,7-9H2,1H3,(H,16,17)(H,18,19). The molecular formula is C14H17NO6. The van der Waals surface area contributed by atoms with Gasteiger partial charge in [-0.3, -0.25) is 14.4 Å². The lowest BCUT2D eigenvalue weighted by atomic mass is 10.2. The lowest BCUT2D eigenvalue weighted by Crippen LogP contribution is -2.44. The van der Waals surface area contributed by atoms with Crippen LogP contribution in [0, 0.1) is 0 Å². The van der Waals surface area contributed by atoms with Gasteiger partial charge in [-0.05, 0) is 12.5 Å². The van der Waals surface area contributed by atoms with E-state index in [4.69, 9.17) is 14.9 Å². The summed E-state index contributed by atoms with van der Waals surface area (Å²) in [5.41, 5.74) is 0.861. The molecule has 1 atom stereocenters. The SMILES string of the molecule is CC(OCc1ccccc1)C(=O)N(CC(=O)O)CC(=O)O.